The Morgan fingerprint density at radius 2 is 2.19 bits per heavy atom. The van der Waals surface area contributed by atoms with Crippen LogP contribution in [0.1, 0.15) is 11.7 Å². The minimum atomic E-state index is -0.855. The van der Waals surface area contributed by atoms with Crippen molar-refractivity contribution < 1.29 is 13.5 Å². The third-order valence-electron chi connectivity index (χ3n) is 3.41. The summed E-state index contributed by atoms with van der Waals surface area (Å²) < 4.78 is 33.7. The van der Waals surface area contributed by atoms with E-state index in [4.69, 9.17) is 16.3 Å². The highest BCUT2D eigenvalue weighted by molar-refractivity contribution is 6.30. The Balaban J connectivity index is 1.68. The fourth-order valence-corrected chi connectivity index (χ4v) is 2.52. The summed E-state index contributed by atoms with van der Waals surface area (Å²) in [6.07, 6.45) is 3.04. The molecule has 2 aromatic rings. The monoisotopic (exact) mass is 313 g/mol. The molecule has 2 heterocycles. The molecule has 0 radical (unpaired) electrons. The minimum absolute atomic E-state index is 0.278. The predicted molar refractivity (Wildman–Crippen MR) is 73.9 cm³/mol. The van der Waals surface area contributed by atoms with E-state index >= 15 is 0 Å². The van der Waals surface area contributed by atoms with Crippen LogP contribution in [0, 0.1) is 11.6 Å². The number of nitrogens with zero attached hydrogens (tertiary/aromatic N) is 3. The highest BCUT2D eigenvalue weighted by Gasteiger charge is 2.23. The molecular formula is C14H14ClF2N3O. The van der Waals surface area contributed by atoms with Crippen molar-refractivity contribution in [1.82, 2.24) is 14.7 Å². The predicted octanol–water partition coefficient (Wildman–Crippen LogP) is 2.85. The van der Waals surface area contributed by atoms with E-state index in [2.05, 4.69) is 10.00 Å². The van der Waals surface area contributed by atoms with Gasteiger partial charge in [0.1, 0.15) is 0 Å². The van der Waals surface area contributed by atoms with Crippen molar-refractivity contribution in [2.24, 2.45) is 0 Å². The van der Waals surface area contributed by atoms with Crippen molar-refractivity contribution in [3.8, 4) is 0 Å². The van der Waals surface area contributed by atoms with Gasteiger partial charge in [0.15, 0.2) is 11.6 Å². The fraction of sp³-hybridized carbons (Fsp3) is 0.357. The van der Waals surface area contributed by atoms with Crippen molar-refractivity contribution in [3.63, 3.8) is 0 Å². The second-order valence-corrected chi connectivity index (χ2v) is 5.39. The van der Waals surface area contributed by atoms with Gasteiger partial charge in [-0.1, -0.05) is 17.7 Å². The molecular weight excluding hydrogens is 300 g/mol. The number of aromatic nitrogens is 2. The van der Waals surface area contributed by atoms with Gasteiger partial charge >= 0.3 is 0 Å². The molecule has 0 aliphatic carbocycles. The van der Waals surface area contributed by atoms with Gasteiger partial charge in [0.25, 0.3) is 0 Å². The largest absolute Gasteiger partial charge is 0.371 e. The fourth-order valence-electron chi connectivity index (χ4n) is 2.37. The van der Waals surface area contributed by atoms with E-state index < -0.39 is 11.6 Å². The smallest absolute Gasteiger partial charge is 0.159 e. The van der Waals surface area contributed by atoms with Crippen LogP contribution in [0.5, 0.6) is 0 Å². The summed E-state index contributed by atoms with van der Waals surface area (Å²) in [6.45, 7) is 2.44. The van der Waals surface area contributed by atoms with Crippen LogP contribution >= 0.6 is 11.6 Å². The summed E-state index contributed by atoms with van der Waals surface area (Å²) >= 11 is 5.83. The van der Waals surface area contributed by atoms with Crippen molar-refractivity contribution in [1.29, 1.82) is 0 Å². The maximum atomic E-state index is 13.3. The van der Waals surface area contributed by atoms with E-state index in [9.17, 15) is 8.78 Å². The lowest BCUT2D eigenvalue weighted by Gasteiger charge is -2.33. The molecule has 0 spiro atoms. The molecule has 21 heavy (non-hydrogen) atoms. The molecule has 112 valence electrons. The molecule has 1 aliphatic rings. The van der Waals surface area contributed by atoms with Gasteiger partial charge < -0.3 is 4.74 Å². The van der Waals surface area contributed by atoms with Gasteiger partial charge in [0, 0.05) is 19.3 Å². The first-order valence-corrected chi connectivity index (χ1v) is 6.96. The van der Waals surface area contributed by atoms with Gasteiger partial charge in [0.2, 0.25) is 0 Å². The maximum Gasteiger partial charge on any atom is 0.159 e. The molecule has 1 aromatic heterocycles. The Hall–Kier alpha value is -1.50. The van der Waals surface area contributed by atoms with Crippen LogP contribution in [0.2, 0.25) is 5.02 Å². The first-order chi connectivity index (χ1) is 10.1. The van der Waals surface area contributed by atoms with E-state index in [1.54, 1.807) is 23.1 Å². The molecule has 1 atom stereocenters. The zero-order valence-electron chi connectivity index (χ0n) is 11.2. The number of ether oxygens (including phenoxy) is 1. The molecule has 7 heteroatoms. The first kappa shape index (κ1) is 14.4. The molecule has 1 aromatic carbocycles. The van der Waals surface area contributed by atoms with Crippen molar-refractivity contribution in [2.45, 2.75) is 12.8 Å². The van der Waals surface area contributed by atoms with Gasteiger partial charge in [-0.05, 0) is 17.7 Å². The third-order valence-corrected chi connectivity index (χ3v) is 3.61. The summed E-state index contributed by atoms with van der Waals surface area (Å²) in [6, 6.07) is 3.87. The molecule has 1 fully saturated rings. The second-order valence-electron chi connectivity index (χ2n) is 4.95. The third kappa shape index (κ3) is 3.40. The molecule has 1 aliphatic heterocycles. The van der Waals surface area contributed by atoms with Crippen LogP contribution in [-0.2, 0) is 11.4 Å². The molecule has 1 unspecified atom stereocenters. The molecule has 3 rings (SSSR count). The SMILES string of the molecule is Fc1ccc(C2CN(Cn3cc(Cl)cn3)CCO2)cc1F. The first-order valence-electron chi connectivity index (χ1n) is 6.58. The summed E-state index contributed by atoms with van der Waals surface area (Å²) in [5, 5.41) is 4.71. The quantitative estimate of drug-likeness (QED) is 0.873. The van der Waals surface area contributed by atoms with E-state index in [1.807, 2.05) is 0 Å². The highest BCUT2D eigenvalue weighted by atomic mass is 35.5. The number of benzene rings is 1. The molecule has 4 nitrogen and oxygen atoms in total. The van der Waals surface area contributed by atoms with Crippen LogP contribution in [0.4, 0.5) is 8.78 Å². The van der Waals surface area contributed by atoms with Crippen molar-refractivity contribution >= 4 is 11.6 Å². The Morgan fingerprint density at radius 1 is 1.33 bits per heavy atom. The van der Waals surface area contributed by atoms with Crippen LogP contribution in [0.3, 0.4) is 0 Å². The van der Waals surface area contributed by atoms with Crippen LogP contribution in [0.25, 0.3) is 0 Å². The Morgan fingerprint density at radius 3 is 2.90 bits per heavy atom. The lowest BCUT2D eigenvalue weighted by molar-refractivity contribution is -0.0418. The van der Waals surface area contributed by atoms with Crippen LogP contribution in [-0.4, -0.2) is 34.4 Å². The van der Waals surface area contributed by atoms with Crippen molar-refractivity contribution in [2.75, 3.05) is 19.7 Å². The van der Waals surface area contributed by atoms with Gasteiger partial charge in [-0.25, -0.2) is 8.78 Å². The molecule has 0 bridgehead atoms. The number of rotatable bonds is 3. The van der Waals surface area contributed by atoms with E-state index in [1.165, 1.54) is 6.07 Å². The normalized spacial score (nSPS) is 19.9. The van der Waals surface area contributed by atoms with Crippen molar-refractivity contribution in [3.05, 3.63) is 52.8 Å². The van der Waals surface area contributed by atoms with E-state index in [-0.39, 0.29) is 6.10 Å². The average Bonchev–Trinajstić information content (AvgIpc) is 2.87. The van der Waals surface area contributed by atoms with Gasteiger partial charge in [-0.2, -0.15) is 5.10 Å². The summed E-state index contributed by atoms with van der Waals surface area (Å²) in [4.78, 5) is 2.12. The van der Waals surface area contributed by atoms with E-state index in [0.717, 1.165) is 12.6 Å². The topological polar surface area (TPSA) is 30.3 Å². The molecule has 0 N–H and O–H groups in total. The summed E-state index contributed by atoms with van der Waals surface area (Å²) in [5.74, 6) is -1.70. The zero-order chi connectivity index (χ0) is 14.8. The maximum absolute atomic E-state index is 13.3. The molecule has 0 amide bonds. The summed E-state index contributed by atoms with van der Waals surface area (Å²) in [5.41, 5.74) is 0.636. The number of hydrogen-bond donors (Lipinski definition) is 0. The summed E-state index contributed by atoms with van der Waals surface area (Å²) in [7, 11) is 0. The number of hydrogen-bond acceptors (Lipinski definition) is 3. The van der Waals surface area contributed by atoms with Gasteiger partial charge in [-0.15, -0.1) is 0 Å². The Kier molecular flexibility index (Phi) is 4.19. The van der Waals surface area contributed by atoms with Crippen LogP contribution < -0.4 is 0 Å². The van der Waals surface area contributed by atoms with Gasteiger partial charge in [-0.3, -0.25) is 9.58 Å². The lowest BCUT2D eigenvalue weighted by atomic mass is 10.1. The standard InChI is InChI=1S/C14H14ClF2N3O/c15-11-6-18-20(7-11)9-19-3-4-21-14(8-19)10-1-2-12(16)13(17)5-10/h1-2,5-7,14H,3-4,8-9H2. The van der Waals surface area contributed by atoms with E-state index in [0.29, 0.717) is 30.4 Å². The highest BCUT2D eigenvalue weighted by Crippen LogP contribution is 2.24. The van der Waals surface area contributed by atoms with Gasteiger partial charge in [0.05, 0.1) is 30.6 Å². The number of halogens is 3. The lowest BCUT2D eigenvalue weighted by Crippen LogP contribution is -2.39. The Bertz CT molecular complexity index is 634. The Labute approximate surface area is 125 Å². The zero-order valence-corrected chi connectivity index (χ0v) is 11.9. The second kappa shape index (κ2) is 6.09. The van der Waals surface area contributed by atoms with Crippen LogP contribution in [0.15, 0.2) is 30.6 Å². The minimum Gasteiger partial charge on any atom is -0.371 e. The average molecular weight is 314 g/mol. The number of morpholine rings is 1. The molecule has 0 saturated carbocycles. The molecule has 1 saturated heterocycles.